The van der Waals surface area contributed by atoms with E-state index < -0.39 is 5.97 Å². The van der Waals surface area contributed by atoms with Gasteiger partial charge in [-0.15, -0.1) is 0 Å². The number of hydrogen-bond acceptors (Lipinski definition) is 4. The largest absolute Gasteiger partial charge is 0.465 e. The van der Waals surface area contributed by atoms with Crippen LogP contribution in [0.2, 0.25) is 5.02 Å². The number of carbonyl (C=O) groups excluding carboxylic acids is 2. The zero-order chi connectivity index (χ0) is 18.7. The first-order valence-electron chi connectivity index (χ1n) is 8.08. The summed E-state index contributed by atoms with van der Waals surface area (Å²) in [5, 5.41) is 0.493. The Morgan fingerprint density at radius 1 is 1.19 bits per heavy atom. The lowest BCUT2D eigenvalue weighted by molar-refractivity contribution is -0.143. The number of fused-ring (bicyclic) bond motifs is 1. The highest BCUT2D eigenvalue weighted by Gasteiger charge is 2.15. The van der Waals surface area contributed by atoms with Crippen LogP contribution in [0.3, 0.4) is 0 Å². The van der Waals surface area contributed by atoms with Crippen LogP contribution in [0.15, 0.2) is 47.5 Å². The minimum Gasteiger partial charge on any atom is -0.465 e. The van der Waals surface area contributed by atoms with E-state index >= 15 is 0 Å². The number of nitrogens with zero attached hydrogens (tertiary/aromatic N) is 2. The van der Waals surface area contributed by atoms with Gasteiger partial charge in [0.2, 0.25) is 0 Å². The summed E-state index contributed by atoms with van der Waals surface area (Å²) < 4.78 is 7.51. The van der Waals surface area contributed by atoms with Crippen LogP contribution in [-0.4, -0.2) is 23.1 Å². The van der Waals surface area contributed by atoms with E-state index in [4.69, 9.17) is 16.3 Å². The number of para-hydroxylation sites is 1. The molecule has 1 aromatic heterocycles. The standard InChI is InChI=1S/C19H17ClN2O3S/c1-3-25-16(23)11-22-17-14(20)5-4-6-15(17)26-19(22)21-18(24)13-9-7-12(2)8-10-13/h4-10H,3,11H2,1-2H3. The van der Waals surface area contributed by atoms with Crippen LogP contribution < -0.4 is 4.80 Å². The summed E-state index contributed by atoms with van der Waals surface area (Å²) in [4.78, 5) is 29.2. The second kappa shape index (κ2) is 7.85. The SMILES string of the molecule is CCOC(=O)Cn1c(=NC(=O)c2ccc(C)cc2)sc2cccc(Cl)c21. The van der Waals surface area contributed by atoms with Crippen molar-refractivity contribution >= 4 is 45.0 Å². The van der Waals surface area contributed by atoms with Crippen LogP contribution in [-0.2, 0) is 16.1 Å². The third kappa shape index (κ3) is 3.86. The predicted octanol–water partition coefficient (Wildman–Crippen LogP) is 3.97. The highest BCUT2D eigenvalue weighted by Crippen LogP contribution is 2.25. The van der Waals surface area contributed by atoms with Crippen molar-refractivity contribution in [3.8, 4) is 0 Å². The van der Waals surface area contributed by atoms with Gasteiger partial charge in [-0.1, -0.05) is 46.7 Å². The summed E-state index contributed by atoms with van der Waals surface area (Å²) in [5.74, 6) is -0.776. The van der Waals surface area contributed by atoms with Gasteiger partial charge in [0.15, 0.2) is 4.80 Å². The number of amides is 1. The summed E-state index contributed by atoms with van der Waals surface area (Å²) in [6.45, 7) is 3.92. The summed E-state index contributed by atoms with van der Waals surface area (Å²) in [7, 11) is 0. The molecule has 0 aliphatic heterocycles. The fourth-order valence-corrected chi connectivity index (χ4v) is 3.89. The first-order chi connectivity index (χ1) is 12.5. The summed E-state index contributed by atoms with van der Waals surface area (Å²) >= 11 is 7.62. The number of esters is 1. The third-order valence-corrected chi connectivity index (χ3v) is 5.09. The van der Waals surface area contributed by atoms with Crippen molar-refractivity contribution in [2.75, 3.05) is 6.61 Å². The maximum atomic E-state index is 12.5. The summed E-state index contributed by atoms with van der Waals surface area (Å²) in [6.07, 6.45) is 0. The Hall–Kier alpha value is -2.44. The van der Waals surface area contributed by atoms with E-state index in [1.807, 2.05) is 31.2 Å². The van der Waals surface area contributed by atoms with Crippen molar-refractivity contribution in [1.29, 1.82) is 0 Å². The average molecular weight is 389 g/mol. The highest BCUT2D eigenvalue weighted by atomic mass is 35.5. The molecular weight excluding hydrogens is 372 g/mol. The average Bonchev–Trinajstić information content (AvgIpc) is 2.94. The lowest BCUT2D eigenvalue weighted by Crippen LogP contribution is -2.23. The molecule has 1 heterocycles. The van der Waals surface area contributed by atoms with E-state index in [9.17, 15) is 9.59 Å². The van der Waals surface area contributed by atoms with Crippen LogP contribution in [0, 0.1) is 6.92 Å². The van der Waals surface area contributed by atoms with Gasteiger partial charge in [0.05, 0.1) is 21.8 Å². The number of rotatable bonds is 4. The molecule has 0 bridgehead atoms. The van der Waals surface area contributed by atoms with E-state index in [2.05, 4.69) is 4.99 Å². The van der Waals surface area contributed by atoms with Crippen LogP contribution in [0.1, 0.15) is 22.8 Å². The summed E-state index contributed by atoms with van der Waals surface area (Å²) in [5.41, 5.74) is 2.22. The number of benzene rings is 2. The van der Waals surface area contributed by atoms with Crippen molar-refractivity contribution in [3.63, 3.8) is 0 Å². The monoisotopic (exact) mass is 388 g/mol. The Morgan fingerprint density at radius 2 is 1.92 bits per heavy atom. The van der Waals surface area contributed by atoms with Crippen molar-refractivity contribution in [3.05, 3.63) is 63.4 Å². The summed E-state index contributed by atoms with van der Waals surface area (Å²) in [6, 6.07) is 12.6. The number of ether oxygens (including phenoxy) is 1. The van der Waals surface area contributed by atoms with Crippen LogP contribution >= 0.6 is 22.9 Å². The van der Waals surface area contributed by atoms with Crippen molar-refractivity contribution in [2.24, 2.45) is 4.99 Å². The second-order valence-corrected chi connectivity index (χ2v) is 7.06. The molecule has 0 saturated carbocycles. The lowest BCUT2D eigenvalue weighted by atomic mass is 10.1. The molecule has 7 heteroatoms. The maximum Gasteiger partial charge on any atom is 0.326 e. The highest BCUT2D eigenvalue weighted by molar-refractivity contribution is 7.16. The molecule has 0 saturated heterocycles. The van der Waals surface area contributed by atoms with E-state index in [1.165, 1.54) is 11.3 Å². The molecule has 0 atom stereocenters. The van der Waals surface area contributed by atoms with E-state index in [1.54, 1.807) is 29.7 Å². The molecule has 1 amide bonds. The first-order valence-corrected chi connectivity index (χ1v) is 9.28. The molecule has 3 aromatic rings. The number of halogens is 1. The zero-order valence-electron chi connectivity index (χ0n) is 14.4. The third-order valence-electron chi connectivity index (χ3n) is 3.74. The molecule has 2 aromatic carbocycles. The number of hydrogen-bond donors (Lipinski definition) is 0. The number of aryl methyl sites for hydroxylation is 1. The molecule has 3 rings (SSSR count). The first kappa shape index (κ1) is 18.4. The molecule has 5 nitrogen and oxygen atoms in total. The van der Waals surface area contributed by atoms with Crippen LogP contribution in [0.25, 0.3) is 10.2 Å². The zero-order valence-corrected chi connectivity index (χ0v) is 15.9. The second-order valence-electron chi connectivity index (χ2n) is 5.65. The number of aromatic nitrogens is 1. The molecule has 0 spiro atoms. The molecular formula is C19H17ClN2O3S. The smallest absolute Gasteiger partial charge is 0.326 e. The van der Waals surface area contributed by atoms with Gasteiger partial charge in [-0.05, 0) is 38.1 Å². The van der Waals surface area contributed by atoms with Gasteiger partial charge in [-0.25, -0.2) is 0 Å². The van der Waals surface area contributed by atoms with Crippen molar-refractivity contribution < 1.29 is 14.3 Å². The molecule has 0 aliphatic rings. The maximum absolute atomic E-state index is 12.5. The van der Waals surface area contributed by atoms with Gasteiger partial charge in [-0.2, -0.15) is 4.99 Å². The molecule has 0 aliphatic carbocycles. The van der Waals surface area contributed by atoms with Crippen LogP contribution in [0.5, 0.6) is 0 Å². The number of thiazole rings is 1. The lowest BCUT2D eigenvalue weighted by Gasteiger charge is -2.06. The quantitative estimate of drug-likeness (QED) is 0.635. The van der Waals surface area contributed by atoms with Gasteiger partial charge in [0.1, 0.15) is 6.54 Å². The van der Waals surface area contributed by atoms with E-state index in [0.717, 1.165) is 10.3 Å². The molecule has 0 unspecified atom stereocenters. The molecule has 134 valence electrons. The van der Waals surface area contributed by atoms with E-state index in [-0.39, 0.29) is 19.1 Å². The Balaban J connectivity index is 2.12. The molecule has 26 heavy (non-hydrogen) atoms. The van der Waals surface area contributed by atoms with Gasteiger partial charge in [0, 0.05) is 5.56 Å². The Kier molecular flexibility index (Phi) is 5.54. The topological polar surface area (TPSA) is 60.7 Å². The van der Waals surface area contributed by atoms with Crippen LogP contribution in [0.4, 0.5) is 0 Å². The van der Waals surface area contributed by atoms with Crippen molar-refractivity contribution in [1.82, 2.24) is 4.57 Å². The normalized spacial score (nSPS) is 11.7. The molecule has 0 N–H and O–H groups in total. The Morgan fingerprint density at radius 3 is 2.62 bits per heavy atom. The van der Waals surface area contributed by atoms with Gasteiger partial charge in [-0.3, -0.25) is 9.59 Å². The fraction of sp³-hybridized carbons (Fsp3) is 0.211. The minimum absolute atomic E-state index is 0.0580. The fourth-order valence-electron chi connectivity index (χ4n) is 2.50. The number of carbonyl (C=O) groups is 2. The Labute approximate surface area is 159 Å². The van der Waals surface area contributed by atoms with Gasteiger partial charge >= 0.3 is 5.97 Å². The minimum atomic E-state index is -0.406. The van der Waals surface area contributed by atoms with E-state index in [0.29, 0.717) is 20.9 Å². The predicted molar refractivity (Wildman–Crippen MR) is 103 cm³/mol. The Bertz CT molecular complexity index is 1040. The molecule has 0 fully saturated rings. The van der Waals surface area contributed by atoms with Crippen molar-refractivity contribution in [2.45, 2.75) is 20.4 Å². The van der Waals surface area contributed by atoms with Gasteiger partial charge < -0.3 is 9.30 Å². The van der Waals surface area contributed by atoms with Gasteiger partial charge in [0.25, 0.3) is 5.91 Å². The molecule has 0 radical (unpaired) electrons.